The van der Waals surface area contributed by atoms with E-state index in [2.05, 4.69) is 0 Å². The summed E-state index contributed by atoms with van der Waals surface area (Å²) in [5.74, 6) is 1.17. The molecular weight excluding hydrogens is 372 g/mol. The van der Waals surface area contributed by atoms with Crippen LogP contribution < -0.4 is 19.1 Å². The van der Waals surface area contributed by atoms with Crippen LogP contribution in [-0.2, 0) is 0 Å². The zero-order valence-corrected chi connectivity index (χ0v) is 17.3. The van der Waals surface area contributed by atoms with Crippen LogP contribution in [0.5, 0.6) is 17.2 Å². The number of hydrogen-bond donors (Lipinski definition) is 0. The number of carbonyl (C=O) groups excluding carboxylic acids is 2. The Balaban J connectivity index is 2.35. The summed E-state index contributed by atoms with van der Waals surface area (Å²) in [6, 6.07) is 12.1. The number of urea groups is 1. The molecule has 0 aliphatic rings. The van der Waals surface area contributed by atoms with Gasteiger partial charge in [0.25, 0.3) is 0 Å². The number of carbonyl (C=O) groups is 2. The topological polar surface area (TPSA) is 68.3 Å². The molecule has 2 aromatic rings. The van der Waals surface area contributed by atoms with Gasteiger partial charge in [0.05, 0.1) is 27.0 Å². The molecule has 0 spiro atoms. The van der Waals surface area contributed by atoms with Crippen molar-refractivity contribution >= 4 is 17.5 Å². The van der Waals surface area contributed by atoms with Gasteiger partial charge in [-0.2, -0.15) is 0 Å². The van der Waals surface area contributed by atoms with Crippen LogP contribution in [0, 0.1) is 0 Å². The van der Waals surface area contributed by atoms with E-state index in [0.717, 1.165) is 0 Å². The molecule has 0 bridgehead atoms. The first kappa shape index (κ1) is 21.8. The second-order valence-corrected chi connectivity index (χ2v) is 6.30. The normalized spacial score (nSPS) is 10.5. The zero-order chi connectivity index (χ0) is 21.4. The molecule has 0 aromatic heterocycles. The molecule has 154 valence electrons. The Morgan fingerprint density at radius 1 is 0.931 bits per heavy atom. The zero-order valence-electron chi connectivity index (χ0n) is 17.3. The SMILES string of the molecule is COc1cc(N(C/C=C/C(=O)c2ccccc2)C(=O)N(C)C)cc(OC)c1OC. The Hall–Kier alpha value is -3.48. The van der Waals surface area contributed by atoms with E-state index in [-0.39, 0.29) is 18.4 Å². The van der Waals surface area contributed by atoms with Gasteiger partial charge in [-0.1, -0.05) is 36.4 Å². The Morgan fingerprint density at radius 3 is 2.00 bits per heavy atom. The van der Waals surface area contributed by atoms with Crippen molar-refractivity contribution in [1.82, 2.24) is 4.90 Å². The summed E-state index contributed by atoms with van der Waals surface area (Å²) in [6.45, 7) is 0.189. The van der Waals surface area contributed by atoms with Gasteiger partial charge in [-0.25, -0.2) is 4.79 Å². The maximum Gasteiger partial charge on any atom is 0.324 e. The summed E-state index contributed by atoms with van der Waals surface area (Å²) in [5.41, 5.74) is 1.14. The van der Waals surface area contributed by atoms with Gasteiger partial charge in [0, 0.05) is 38.3 Å². The van der Waals surface area contributed by atoms with E-state index in [1.54, 1.807) is 56.6 Å². The van der Waals surface area contributed by atoms with E-state index in [1.165, 1.54) is 37.2 Å². The van der Waals surface area contributed by atoms with Crippen LogP contribution in [0.4, 0.5) is 10.5 Å². The molecule has 0 aliphatic carbocycles. The number of nitrogens with zero attached hydrogens (tertiary/aromatic N) is 2. The van der Waals surface area contributed by atoms with Crippen LogP contribution >= 0.6 is 0 Å². The van der Waals surface area contributed by atoms with Crippen molar-refractivity contribution in [2.75, 3.05) is 46.9 Å². The first-order valence-electron chi connectivity index (χ1n) is 8.97. The number of amides is 2. The van der Waals surface area contributed by atoms with Crippen molar-refractivity contribution < 1.29 is 23.8 Å². The molecule has 0 radical (unpaired) electrons. The van der Waals surface area contributed by atoms with Gasteiger partial charge in [0.2, 0.25) is 5.75 Å². The molecule has 0 N–H and O–H groups in total. The summed E-state index contributed by atoms with van der Waals surface area (Å²) >= 11 is 0. The number of allylic oxidation sites excluding steroid dienone is 1. The molecule has 29 heavy (non-hydrogen) atoms. The van der Waals surface area contributed by atoms with Crippen molar-refractivity contribution in [2.24, 2.45) is 0 Å². The predicted octanol–water partition coefficient (Wildman–Crippen LogP) is 3.64. The average molecular weight is 398 g/mol. The molecule has 0 atom stereocenters. The van der Waals surface area contributed by atoms with Crippen LogP contribution in [0.1, 0.15) is 10.4 Å². The number of methoxy groups -OCH3 is 3. The molecule has 0 aliphatic heterocycles. The largest absolute Gasteiger partial charge is 0.493 e. The lowest BCUT2D eigenvalue weighted by molar-refractivity contribution is 0.104. The van der Waals surface area contributed by atoms with Gasteiger partial charge in [-0.3, -0.25) is 9.69 Å². The highest BCUT2D eigenvalue weighted by atomic mass is 16.5. The smallest absolute Gasteiger partial charge is 0.324 e. The van der Waals surface area contributed by atoms with E-state index in [9.17, 15) is 9.59 Å². The van der Waals surface area contributed by atoms with E-state index in [0.29, 0.717) is 28.5 Å². The number of rotatable bonds is 8. The monoisotopic (exact) mass is 398 g/mol. The van der Waals surface area contributed by atoms with Crippen LogP contribution in [-0.4, -0.2) is 58.7 Å². The highest BCUT2D eigenvalue weighted by Gasteiger charge is 2.21. The van der Waals surface area contributed by atoms with Crippen LogP contribution in [0.2, 0.25) is 0 Å². The van der Waals surface area contributed by atoms with E-state index < -0.39 is 0 Å². The van der Waals surface area contributed by atoms with Gasteiger partial charge >= 0.3 is 6.03 Å². The summed E-state index contributed by atoms with van der Waals surface area (Å²) in [5, 5.41) is 0. The fourth-order valence-electron chi connectivity index (χ4n) is 2.72. The number of ketones is 1. The number of hydrogen-bond acceptors (Lipinski definition) is 5. The Kier molecular flexibility index (Phi) is 7.65. The van der Waals surface area contributed by atoms with Crippen molar-refractivity contribution in [1.29, 1.82) is 0 Å². The van der Waals surface area contributed by atoms with Crippen molar-refractivity contribution in [3.05, 3.63) is 60.2 Å². The van der Waals surface area contributed by atoms with Gasteiger partial charge in [-0.15, -0.1) is 0 Å². The lowest BCUT2D eigenvalue weighted by Gasteiger charge is -2.26. The van der Waals surface area contributed by atoms with Crippen molar-refractivity contribution in [2.45, 2.75) is 0 Å². The standard InChI is InChI=1S/C22H26N2O5/c1-23(2)22(26)24(13-9-12-18(25)16-10-7-6-8-11-16)17-14-19(27-3)21(29-5)20(15-17)28-4/h6-12,14-15H,13H2,1-5H3/b12-9+. The summed E-state index contributed by atoms with van der Waals surface area (Å²) in [6.07, 6.45) is 3.11. The predicted molar refractivity (Wildman–Crippen MR) is 112 cm³/mol. The first-order valence-corrected chi connectivity index (χ1v) is 8.97. The molecule has 2 aromatic carbocycles. The molecular formula is C22H26N2O5. The molecule has 0 unspecified atom stereocenters. The minimum absolute atomic E-state index is 0.132. The molecule has 0 fully saturated rings. The highest BCUT2D eigenvalue weighted by molar-refractivity contribution is 6.04. The molecule has 7 heteroatoms. The summed E-state index contributed by atoms with van der Waals surface area (Å²) in [4.78, 5) is 28.0. The number of benzene rings is 2. The van der Waals surface area contributed by atoms with Crippen LogP contribution in [0.15, 0.2) is 54.6 Å². The fourth-order valence-corrected chi connectivity index (χ4v) is 2.72. The van der Waals surface area contributed by atoms with Crippen LogP contribution in [0.3, 0.4) is 0 Å². The second kappa shape index (κ2) is 10.2. The maximum absolute atomic E-state index is 12.8. The molecule has 0 saturated carbocycles. The summed E-state index contributed by atoms with van der Waals surface area (Å²) < 4.78 is 16.1. The third kappa shape index (κ3) is 5.28. The van der Waals surface area contributed by atoms with Gasteiger partial charge in [0.15, 0.2) is 17.3 Å². The highest BCUT2D eigenvalue weighted by Crippen LogP contribution is 2.41. The van der Waals surface area contributed by atoms with Gasteiger partial charge in [0.1, 0.15) is 0 Å². The van der Waals surface area contributed by atoms with E-state index in [1.807, 2.05) is 6.07 Å². The Morgan fingerprint density at radius 2 is 1.52 bits per heavy atom. The van der Waals surface area contributed by atoms with Crippen molar-refractivity contribution in [3.8, 4) is 17.2 Å². The van der Waals surface area contributed by atoms with Crippen LogP contribution in [0.25, 0.3) is 0 Å². The molecule has 7 nitrogen and oxygen atoms in total. The van der Waals surface area contributed by atoms with E-state index >= 15 is 0 Å². The Bertz CT molecular complexity index is 853. The van der Waals surface area contributed by atoms with Gasteiger partial charge in [-0.05, 0) is 6.08 Å². The number of ether oxygens (including phenoxy) is 3. The van der Waals surface area contributed by atoms with E-state index in [4.69, 9.17) is 14.2 Å². The average Bonchev–Trinajstić information content (AvgIpc) is 2.75. The quantitative estimate of drug-likeness (QED) is 0.502. The first-order chi connectivity index (χ1) is 13.9. The fraction of sp³-hybridized carbons (Fsp3) is 0.273. The summed E-state index contributed by atoms with van der Waals surface area (Å²) in [7, 11) is 7.86. The molecule has 2 amide bonds. The lowest BCUT2D eigenvalue weighted by Crippen LogP contribution is -2.39. The van der Waals surface area contributed by atoms with Gasteiger partial charge < -0.3 is 19.1 Å². The molecule has 2 rings (SSSR count). The minimum atomic E-state index is -0.254. The van der Waals surface area contributed by atoms with Crippen molar-refractivity contribution in [3.63, 3.8) is 0 Å². The second-order valence-electron chi connectivity index (χ2n) is 6.30. The third-order valence-corrected chi connectivity index (χ3v) is 4.19. The molecule has 0 saturated heterocycles. The lowest BCUT2D eigenvalue weighted by atomic mass is 10.1. The number of anilines is 1. The Labute approximate surface area is 171 Å². The third-order valence-electron chi connectivity index (χ3n) is 4.19. The minimum Gasteiger partial charge on any atom is -0.493 e. The maximum atomic E-state index is 12.8. The molecule has 0 heterocycles.